The Labute approximate surface area is 109 Å². The summed E-state index contributed by atoms with van der Waals surface area (Å²) in [4.78, 5) is 12.7. The molecule has 0 radical (unpaired) electrons. The number of amides is 2. The third-order valence-corrected chi connectivity index (χ3v) is 3.16. The molecular formula is C11H15N3O5. The van der Waals surface area contributed by atoms with Gasteiger partial charge >= 0.3 is 6.03 Å². The van der Waals surface area contributed by atoms with Crippen LogP contribution in [0.5, 0.6) is 0 Å². The lowest BCUT2D eigenvalue weighted by atomic mass is 9.97. The van der Waals surface area contributed by atoms with Crippen LogP contribution >= 0.6 is 0 Å². The molecule has 2 heterocycles. The predicted molar refractivity (Wildman–Crippen MR) is 63.0 cm³/mol. The van der Waals surface area contributed by atoms with E-state index in [1.54, 1.807) is 0 Å². The summed E-state index contributed by atoms with van der Waals surface area (Å²) in [7, 11) is 0. The van der Waals surface area contributed by atoms with Crippen LogP contribution in [0.2, 0.25) is 0 Å². The minimum absolute atomic E-state index is 0.600. The van der Waals surface area contributed by atoms with Crippen LogP contribution in [0, 0.1) is 12.3 Å². The highest BCUT2D eigenvalue weighted by molar-refractivity contribution is 5.77. The van der Waals surface area contributed by atoms with E-state index in [0.717, 1.165) is 4.90 Å². The lowest BCUT2D eigenvalue weighted by Gasteiger charge is -2.31. The second-order valence-corrected chi connectivity index (χ2v) is 4.36. The van der Waals surface area contributed by atoms with Crippen LogP contribution in [-0.2, 0) is 4.74 Å². The van der Waals surface area contributed by atoms with Crippen LogP contribution in [0.15, 0.2) is 12.3 Å². The topological polar surface area (TPSA) is 128 Å². The Morgan fingerprint density at radius 2 is 2.32 bits per heavy atom. The smallest absolute Gasteiger partial charge is 0.325 e. The molecule has 0 aromatic heterocycles. The van der Waals surface area contributed by atoms with Gasteiger partial charge in [0.2, 0.25) is 0 Å². The molecule has 2 amide bonds. The van der Waals surface area contributed by atoms with Crippen molar-refractivity contribution >= 4 is 6.03 Å². The van der Waals surface area contributed by atoms with Crippen LogP contribution in [-0.4, -0.2) is 63.1 Å². The molecule has 1 unspecified atom stereocenters. The fourth-order valence-electron chi connectivity index (χ4n) is 2.02. The van der Waals surface area contributed by atoms with Crippen LogP contribution in [0.3, 0.4) is 0 Å². The summed E-state index contributed by atoms with van der Waals surface area (Å²) in [5.74, 6) is 2.11. The van der Waals surface area contributed by atoms with E-state index >= 15 is 0 Å². The van der Waals surface area contributed by atoms with Gasteiger partial charge in [0.05, 0.1) is 12.8 Å². The zero-order valence-electron chi connectivity index (χ0n) is 9.93. The second kappa shape index (κ2) is 4.80. The fraction of sp³-hybridized carbons (Fsp3) is 0.545. The first-order chi connectivity index (χ1) is 8.95. The first-order valence-corrected chi connectivity index (χ1v) is 5.60. The van der Waals surface area contributed by atoms with Gasteiger partial charge in [-0.25, -0.2) is 4.79 Å². The molecular weight excluding hydrogens is 254 g/mol. The van der Waals surface area contributed by atoms with Crippen molar-refractivity contribution in [1.82, 2.24) is 10.2 Å². The van der Waals surface area contributed by atoms with Crippen LogP contribution < -0.4 is 11.1 Å². The van der Waals surface area contributed by atoms with Crippen molar-refractivity contribution in [2.45, 2.75) is 30.2 Å². The van der Waals surface area contributed by atoms with E-state index in [-0.39, 0.29) is 0 Å². The lowest BCUT2D eigenvalue weighted by molar-refractivity contribution is -0.0996. The number of rotatable bonds is 2. The van der Waals surface area contributed by atoms with E-state index in [1.807, 2.05) is 0 Å². The van der Waals surface area contributed by atoms with Crippen molar-refractivity contribution in [2.24, 2.45) is 5.73 Å². The number of carbonyl (C=O) groups is 1. The van der Waals surface area contributed by atoms with E-state index in [0.29, 0.717) is 0 Å². The Hall–Kier alpha value is -1.63. The summed E-state index contributed by atoms with van der Waals surface area (Å²) in [5.41, 5.74) is 3.74. The molecule has 2 rings (SSSR count). The highest BCUT2D eigenvalue weighted by Crippen LogP contribution is 2.33. The number of aliphatic hydroxyl groups is 3. The van der Waals surface area contributed by atoms with Gasteiger partial charge in [0, 0.05) is 6.20 Å². The van der Waals surface area contributed by atoms with Crippen molar-refractivity contribution in [3.8, 4) is 12.3 Å². The Balaban J connectivity index is 2.26. The number of nitrogens with zero attached hydrogens (tertiary/aromatic N) is 1. The highest BCUT2D eigenvalue weighted by Gasteiger charge is 2.55. The van der Waals surface area contributed by atoms with E-state index in [1.165, 1.54) is 12.3 Å². The molecule has 1 fully saturated rings. The van der Waals surface area contributed by atoms with Gasteiger partial charge in [-0.1, -0.05) is 5.92 Å². The third kappa shape index (κ3) is 2.07. The van der Waals surface area contributed by atoms with Gasteiger partial charge in [0.15, 0.2) is 11.8 Å². The largest absolute Gasteiger partial charge is 0.392 e. The summed E-state index contributed by atoms with van der Waals surface area (Å²) in [6.07, 6.45) is 3.21. The summed E-state index contributed by atoms with van der Waals surface area (Å²) in [6, 6.07) is -0.600. The molecule has 5 atom stereocenters. The number of aliphatic hydroxyl groups excluding tert-OH is 3. The van der Waals surface area contributed by atoms with E-state index < -0.39 is 42.8 Å². The van der Waals surface area contributed by atoms with Crippen molar-refractivity contribution in [3.05, 3.63) is 12.3 Å². The minimum Gasteiger partial charge on any atom is -0.392 e. The maximum atomic E-state index is 11.7. The summed E-state index contributed by atoms with van der Waals surface area (Å²) in [6.45, 7) is -0.684. The number of hydrogen-bond donors (Lipinski definition) is 5. The number of terminal acetylenes is 1. The molecule has 0 saturated carbocycles. The van der Waals surface area contributed by atoms with Crippen LogP contribution in [0.4, 0.5) is 4.79 Å². The van der Waals surface area contributed by atoms with Crippen molar-refractivity contribution < 1.29 is 24.9 Å². The molecule has 104 valence electrons. The lowest BCUT2D eigenvalue weighted by Crippen LogP contribution is -2.55. The molecule has 6 N–H and O–H groups in total. The molecule has 0 spiro atoms. The minimum atomic E-state index is -1.74. The van der Waals surface area contributed by atoms with Crippen LogP contribution in [0.1, 0.15) is 0 Å². The molecule has 1 saturated heterocycles. The van der Waals surface area contributed by atoms with Gasteiger partial charge in [-0.05, 0) is 6.08 Å². The Bertz CT molecular complexity index is 448. The van der Waals surface area contributed by atoms with Crippen molar-refractivity contribution in [2.75, 3.05) is 6.61 Å². The van der Waals surface area contributed by atoms with Gasteiger partial charge < -0.3 is 31.1 Å². The maximum absolute atomic E-state index is 11.7. The van der Waals surface area contributed by atoms with E-state index in [4.69, 9.17) is 16.9 Å². The summed E-state index contributed by atoms with van der Waals surface area (Å²) < 4.78 is 5.30. The normalized spacial score (nSPS) is 42.1. The zero-order valence-corrected chi connectivity index (χ0v) is 9.93. The van der Waals surface area contributed by atoms with Gasteiger partial charge in [-0.3, -0.25) is 4.90 Å². The summed E-state index contributed by atoms with van der Waals surface area (Å²) >= 11 is 0. The standard InChI is InChI=1S/C11H15N3O5/c1-2-11(5-15)8(17)7(16)9(19-11)14-4-3-6(12)13-10(14)18/h1,3-4,6-9,15-17H,5,12H2,(H,13,18)/t6?,7-,8+,9-,11-/m1/s1. The number of carbonyl (C=O) groups excluding carboxylic acids is 1. The van der Waals surface area contributed by atoms with E-state index in [9.17, 15) is 20.1 Å². The Kier molecular flexibility index (Phi) is 3.49. The number of nitrogens with two attached hydrogens (primary N) is 1. The van der Waals surface area contributed by atoms with Crippen LogP contribution in [0.25, 0.3) is 0 Å². The predicted octanol–water partition coefficient (Wildman–Crippen LogP) is -2.75. The first kappa shape index (κ1) is 13.8. The SMILES string of the molecule is C#C[C@]1(CO)O[C@@H](N2C=CC(N)NC2=O)[C@H](O)[C@@H]1O. The van der Waals surface area contributed by atoms with Gasteiger partial charge in [-0.15, -0.1) is 6.42 Å². The van der Waals surface area contributed by atoms with Gasteiger partial charge in [-0.2, -0.15) is 0 Å². The van der Waals surface area contributed by atoms with E-state index in [2.05, 4.69) is 11.2 Å². The Morgan fingerprint density at radius 3 is 2.79 bits per heavy atom. The molecule has 0 bridgehead atoms. The molecule has 0 aliphatic carbocycles. The molecule has 8 heteroatoms. The Morgan fingerprint density at radius 1 is 1.63 bits per heavy atom. The maximum Gasteiger partial charge on any atom is 0.325 e. The van der Waals surface area contributed by atoms with Gasteiger partial charge in [0.25, 0.3) is 0 Å². The number of nitrogens with one attached hydrogen (secondary N) is 1. The zero-order chi connectivity index (χ0) is 14.2. The van der Waals surface area contributed by atoms with Crippen molar-refractivity contribution in [1.29, 1.82) is 0 Å². The third-order valence-electron chi connectivity index (χ3n) is 3.16. The molecule has 2 aliphatic rings. The molecule has 8 nitrogen and oxygen atoms in total. The quantitative estimate of drug-likeness (QED) is 0.346. The molecule has 19 heavy (non-hydrogen) atoms. The molecule has 2 aliphatic heterocycles. The second-order valence-electron chi connectivity index (χ2n) is 4.36. The molecule has 0 aromatic rings. The summed E-state index contributed by atoms with van der Waals surface area (Å²) in [5, 5.41) is 31.4. The highest BCUT2D eigenvalue weighted by atomic mass is 16.6. The monoisotopic (exact) mass is 269 g/mol. The number of urea groups is 1. The average molecular weight is 269 g/mol. The number of ether oxygens (including phenoxy) is 1. The number of hydrogen-bond acceptors (Lipinski definition) is 6. The molecule has 0 aromatic carbocycles. The van der Waals surface area contributed by atoms with Gasteiger partial charge in [0.1, 0.15) is 12.2 Å². The first-order valence-electron chi connectivity index (χ1n) is 5.60. The fourth-order valence-corrected chi connectivity index (χ4v) is 2.02. The average Bonchev–Trinajstić information content (AvgIpc) is 2.64. The van der Waals surface area contributed by atoms with Crippen molar-refractivity contribution in [3.63, 3.8) is 0 Å².